The second-order valence-electron chi connectivity index (χ2n) is 5.16. The quantitative estimate of drug-likeness (QED) is 0.372. The van der Waals surface area contributed by atoms with E-state index in [0.29, 0.717) is 29.4 Å². The Bertz CT molecular complexity index is 770. The van der Waals surface area contributed by atoms with Gasteiger partial charge in [-0.15, -0.1) is 0 Å². The van der Waals surface area contributed by atoms with Gasteiger partial charge < -0.3 is 14.2 Å². The SMILES string of the molecule is COc1cc2c(cc1OC)/C(=N/OC(=O)Oc1ccccc1)CC2. The third-order valence-corrected chi connectivity index (χ3v) is 3.73. The number of aryl methyl sites for hydroxylation is 1. The lowest BCUT2D eigenvalue weighted by molar-refractivity contribution is 0.102. The van der Waals surface area contributed by atoms with E-state index in [2.05, 4.69) is 5.16 Å². The Morgan fingerprint density at radius 3 is 2.42 bits per heavy atom. The Kier molecular flexibility index (Phi) is 4.65. The van der Waals surface area contributed by atoms with Crippen molar-refractivity contribution < 1.29 is 23.8 Å². The third-order valence-electron chi connectivity index (χ3n) is 3.73. The molecule has 0 spiro atoms. The summed E-state index contributed by atoms with van der Waals surface area (Å²) in [5.74, 6) is 1.68. The van der Waals surface area contributed by atoms with Crippen molar-refractivity contribution in [1.82, 2.24) is 0 Å². The number of nitrogens with zero attached hydrogens (tertiary/aromatic N) is 1. The predicted molar refractivity (Wildman–Crippen MR) is 88.0 cm³/mol. The van der Waals surface area contributed by atoms with Crippen LogP contribution in [0.4, 0.5) is 4.79 Å². The number of benzene rings is 2. The number of carbonyl (C=O) groups is 1. The second-order valence-corrected chi connectivity index (χ2v) is 5.16. The first-order chi connectivity index (χ1) is 11.7. The Morgan fingerprint density at radius 2 is 1.71 bits per heavy atom. The van der Waals surface area contributed by atoms with Crippen molar-refractivity contribution in [3.63, 3.8) is 0 Å². The molecule has 1 aliphatic carbocycles. The minimum Gasteiger partial charge on any atom is -0.493 e. The molecule has 24 heavy (non-hydrogen) atoms. The molecule has 0 unspecified atom stereocenters. The van der Waals surface area contributed by atoms with Crippen molar-refractivity contribution in [3.05, 3.63) is 53.6 Å². The summed E-state index contributed by atoms with van der Waals surface area (Å²) < 4.78 is 15.6. The molecule has 2 aromatic rings. The maximum Gasteiger partial charge on any atom is 0.540 e. The van der Waals surface area contributed by atoms with Gasteiger partial charge in [-0.3, -0.25) is 4.84 Å². The van der Waals surface area contributed by atoms with Crippen molar-refractivity contribution >= 4 is 11.9 Å². The Morgan fingerprint density at radius 1 is 1.00 bits per heavy atom. The van der Waals surface area contributed by atoms with E-state index in [0.717, 1.165) is 17.5 Å². The van der Waals surface area contributed by atoms with Crippen molar-refractivity contribution in [2.75, 3.05) is 14.2 Å². The summed E-state index contributed by atoms with van der Waals surface area (Å²) in [7, 11) is 3.17. The normalized spacial score (nSPS) is 14.2. The molecule has 0 aromatic heterocycles. The lowest BCUT2D eigenvalue weighted by Crippen LogP contribution is -2.09. The molecule has 0 aliphatic heterocycles. The molecule has 1 aliphatic rings. The summed E-state index contributed by atoms with van der Waals surface area (Å²) in [6.45, 7) is 0. The number of hydrogen-bond acceptors (Lipinski definition) is 6. The molecule has 6 nitrogen and oxygen atoms in total. The van der Waals surface area contributed by atoms with Crippen LogP contribution >= 0.6 is 0 Å². The highest BCUT2D eigenvalue weighted by atomic mass is 16.8. The average molecular weight is 327 g/mol. The van der Waals surface area contributed by atoms with Crippen LogP contribution < -0.4 is 14.2 Å². The minimum atomic E-state index is -0.873. The van der Waals surface area contributed by atoms with Crippen LogP contribution in [0.1, 0.15) is 17.5 Å². The first kappa shape index (κ1) is 15.9. The van der Waals surface area contributed by atoms with Gasteiger partial charge in [0.15, 0.2) is 11.5 Å². The van der Waals surface area contributed by atoms with E-state index in [1.165, 1.54) is 0 Å². The Balaban J connectivity index is 1.73. The van der Waals surface area contributed by atoms with Gasteiger partial charge in [0.05, 0.1) is 19.9 Å². The maximum absolute atomic E-state index is 11.7. The number of fused-ring (bicyclic) bond motifs is 1. The minimum absolute atomic E-state index is 0.404. The molecule has 3 rings (SSSR count). The number of ether oxygens (including phenoxy) is 3. The van der Waals surface area contributed by atoms with Gasteiger partial charge in [0.25, 0.3) is 0 Å². The van der Waals surface area contributed by atoms with E-state index in [9.17, 15) is 4.79 Å². The lowest BCUT2D eigenvalue weighted by atomic mass is 10.1. The van der Waals surface area contributed by atoms with Crippen LogP contribution in [0.25, 0.3) is 0 Å². The summed E-state index contributed by atoms with van der Waals surface area (Å²) >= 11 is 0. The van der Waals surface area contributed by atoms with E-state index < -0.39 is 6.16 Å². The summed E-state index contributed by atoms with van der Waals surface area (Å²) in [6.07, 6.45) is 0.596. The fourth-order valence-corrected chi connectivity index (χ4v) is 2.57. The first-order valence-electron chi connectivity index (χ1n) is 7.47. The highest BCUT2D eigenvalue weighted by Crippen LogP contribution is 2.35. The maximum atomic E-state index is 11.7. The zero-order valence-electron chi connectivity index (χ0n) is 13.4. The first-order valence-corrected chi connectivity index (χ1v) is 7.47. The monoisotopic (exact) mass is 327 g/mol. The number of methoxy groups -OCH3 is 2. The highest BCUT2D eigenvalue weighted by molar-refractivity contribution is 6.05. The third kappa shape index (κ3) is 3.32. The molecule has 0 atom stereocenters. The van der Waals surface area contributed by atoms with Crippen molar-refractivity contribution in [2.24, 2.45) is 5.16 Å². The number of hydrogen-bond donors (Lipinski definition) is 0. The summed E-state index contributed by atoms with van der Waals surface area (Å²) in [5.41, 5.74) is 2.64. The fraction of sp³-hybridized carbons (Fsp3) is 0.222. The van der Waals surface area contributed by atoms with Gasteiger partial charge >= 0.3 is 6.16 Å². The van der Waals surface area contributed by atoms with E-state index >= 15 is 0 Å². The lowest BCUT2D eigenvalue weighted by Gasteiger charge is -2.10. The van der Waals surface area contributed by atoms with E-state index in [-0.39, 0.29) is 0 Å². The second kappa shape index (κ2) is 7.04. The highest BCUT2D eigenvalue weighted by Gasteiger charge is 2.22. The van der Waals surface area contributed by atoms with Gasteiger partial charge in [0, 0.05) is 5.56 Å². The van der Waals surface area contributed by atoms with Gasteiger partial charge in [-0.1, -0.05) is 23.4 Å². The van der Waals surface area contributed by atoms with Gasteiger partial charge in [-0.05, 0) is 42.7 Å². The molecule has 0 saturated heterocycles. The van der Waals surface area contributed by atoms with Gasteiger partial charge in [-0.25, -0.2) is 4.79 Å². The molecular weight excluding hydrogens is 310 g/mol. The molecule has 0 N–H and O–H groups in total. The predicted octanol–water partition coefficient (Wildman–Crippen LogP) is 3.57. The molecule has 2 aromatic carbocycles. The summed E-state index contributed by atoms with van der Waals surface area (Å²) in [5, 5.41) is 3.94. The summed E-state index contributed by atoms with van der Waals surface area (Å²) in [4.78, 5) is 16.6. The molecule has 0 radical (unpaired) electrons. The van der Waals surface area contributed by atoms with Crippen molar-refractivity contribution in [2.45, 2.75) is 12.8 Å². The van der Waals surface area contributed by atoms with Gasteiger partial charge in [0.1, 0.15) is 5.75 Å². The van der Waals surface area contributed by atoms with E-state index in [4.69, 9.17) is 19.0 Å². The van der Waals surface area contributed by atoms with Crippen molar-refractivity contribution in [3.8, 4) is 17.2 Å². The molecule has 6 heteroatoms. The Hall–Kier alpha value is -3.02. The van der Waals surface area contributed by atoms with Crippen LogP contribution in [0.5, 0.6) is 17.2 Å². The summed E-state index contributed by atoms with van der Waals surface area (Å²) in [6, 6.07) is 12.4. The molecular formula is C18H17NO5. The standard InChI is InChI=1S/C18H17NO5/c1-21-16-10-12-8-9-15(14(12)11-17(16)22-2)19-24-18(20)23-13-6-4-3-5-7-13/h3-7,10-11H,8-9H2,1-2H3/b19-15+. The van der Waals surface area contributed by atoms with Crippen LogP contribution in [0, 0.1) is 0 Å². The molecule has 124 valence electrons. The number of carbonyl (C=O) groups excluding carboxylic acids is 1. The van der Waals surface area contributed by atoms with Crippen LogP contribution in [-0.4, -0.2) is 26.1 Å². The van der Waals surface area contributed by atoms with E-state index in [1.807, 2.05) is 18.2 Å². The molecule has 0 saturated carbocycles. The van der Waals surface area contributed by atoms with E-state index in [1.54, 1.807) is 38.5 Å². The average Bonchev–Trinajstić information content (AvgIpc) is 3.01. The molecule has 0 bridgehead atoms. The molecule has 0 heterocycles. The fourth-order valence-electron chi connectivity index (χ4n) is 2.57. The van der Waals surface area contributed by atoms with Crippen LogP contribution in [0.2, 0.25) is 0 Å². The molecule has 0 amide bonds. The van der Waals surface area contributed by atoms with Crippen LogP contribution in [0.3, 0.4) is 0 Å². The van der Waals surface area contributed by atoms with Crippen molar-refractivity contribution in [1.29, 1.82) is 0 Å². The van der Waals surface area contributed by atoms with Crippen LogP contribution in [0.15, 0.2) is 47.6 Å². The Labute approximate surface area is 139 Å². The zero-order chi connectivity index (χ0) is 16.9. The number of para-hydroxylation sites is 1. The van der Waals surface area contributed by atoms with Gasteiger partial charge in [0.2, 0.25) is 0 Å². The number of rotatable bonds is 4. The smallest absolute Gasteiger partial charge is 0.493 e. The molecule has 0 fully saturated rings. The largest absolute Gasteiger partial charge is 0.540 e. The van der Waals surface area contributed by atoms with Gasteiger partial charge in [-0.2, -0.15) is 0 Å². The zero-order valence-corrected chi connectivity index (χ0v) is 13.4. The van der Waals surface area contributed by atoms with Crippen LogP contribution in [-0.2, 0) is 11.3 Å². The topological polar surface area (TPSA) is 66.3 Å². The number of oxime groups is 1.